The van der Waals surface area contributed by atoms with Crippen LogP contribution in [-0.4, -0.2) is 12.1 Å². The summed E-state index contributed by atoms with van der Waals surface area (Å²) in [6.45, 7) is 0. The van der Waals surface area contributed by atoms with E-state index in [2.05, 4.69) is 10.4 Å². The maximum absolute atomic E-state index is 13.7. The van der Waals surface area contributed by atoms with Gasteiger partial charge in [0.2, 0.25) is 0 Å². The Morgan fingerprint density at radius 2 is 2.22 bits per heavy atom. The first-order valence-corrected chi connectivity index (χ1v) is 5.45. The molecule has 0 aliphatic carbocycles. The number of hydrazine groups is 1. The van der Waals surface area contributed by atoms with E-state index >= 15 is 0 Å². The third-order valence-electron chi connectivity index (χ3n) is 2.71. The molecule has 18 heavy (non-hydrogen) atoms. The Balaban J connectivity index is 2.42. The molecule has 1 atom stereocenters. The SMILES string of the molecule is COc1cccc(C(NN)c2ccncc2F)c1. The Kier molecular flexibility index (Phi) is 3.86. The number of methoxy groups -OCH3 is 1. The summed E-state index contributed by atoms with van der Waals surface area (Å²) < 4.78 is 18.8. The van der Waals surface area contributed by atoms with Gasteiger partial charge in [-0.25, -0.2) is 9.82 Å². The van der Waals surface area contributed by atoms with Crippen LogP contribution in [-0.2, 0) is 0 Å². The molecule has 0 radical (unpaired) electrons. The monoisotopic (exact) mass is 247 g/mol. The molecule has 94 valence electrons. The lowest BCUT2D eigenvalue weighted by atomic mass is 10.00. The standard InChI is InChI=1S/C13H14FN3O/c1-18-10-4-2-3-9(7-10)13(17-15)11-5-6-16-8-12(11)14/h2-8,13,17H,15H2,1H3. The van der Waals surface area contributed by atoms with Crippen LogP contribution in [0.4, 0.5) is 4.39 Å². The van der Waals surface area contributed by atoms with Crippen molar-refractivity contribution in [1.82, 2.24) is 10.4 Å². The van der Waals surface area contributed by atoms with Gasteiger partial charge in [-0.3, -0.25) is 10.8 Å². The zero-order chi connectivity index (χ0) is 13.0. The zero-order valence-corrected chi connectivity index (χ0v) is 9.93. The molecule has 0 amide bonds. The zero-order valence-electron chi connectivity index (χ0n) is 9.93. The lowest BCUT2D eigenvalue weighted by Crippen LogP contribution is -2.29. The molecule has 5 heteroatoms. The molecular weight excluding hydrogens is 233 g/mol. The summed E-state index contributed by atoms with van der Waals surface area (Å²) in [7, 11) is 1.58. The van der Waals surface area contributed by atoms with Crippen molar-refractivity contribution in [2.24, 2.45) is 5.84 Å². The molecule has 0 bridgehead atoms. The van der Waals surface area contributed by atoms with Crippen LogP contribution in [0.15, 0.2) is 42.7 Å². The van der Waals surface area contributed by atoms with Crippen molar-refractivity contribution >= 4 is 0 Å². The highest BCUT2D eigenvalue weighted by molar-refractivity contribution is 5.36. The largest absolute Gasteiger partial charge is 0.497 e. The van der Waals surface area contributed by atoms with Crippen molar-refractivity contribution in [1.29, 1.82) is 0 Å². The van der Waals surface area contributed by atoms with E-state index in [9.17, 15) is 4.39 Å². The Labute approximate surface area is 105 Å². The van der Waals surface area contributed by atoms with Gasteiger partial charge in [-0.2, -0.15) is 0 Å². The number of pyridine rings is 1. The first kappa shape index (κ1) is 12.5. The Morgan fingerprint density at radius 3 is 2.89 bits per heavy atom. The van der Waals surface area contributed by atoms with Gasteiger partial charge in [0, 0.05) is 11.8 Å². The highest BCUT2D eigenvalue weighted by atomic mass is 19.1. The van der Waals surface area contributed by atoms with Gasteiger partial charge in [0.25, 0.3) is 0 Å². The number of nitrogens with zero attached hydrogens (tertiary/aromatic N) is 1. The second-order valence-corrected chi connectivity index (χ2v) is 3.77. The lowest BCUT2D eigenvalue weighted by molar-refractivity contribution is 0.413. The van der Waals surface area contributed by atoms with Crippen LogP contribution in [0.5, 0.6) is 5.75 Å². The number of nitrogens with one attached hydrogen (secondary N) is 1. The smallest absolute Gasteiger partial charge is 0.146 e. The second kappa shape index (κ2) is 5.57. The molecule has 0 fully saturated rings. The van der Waals surface area contributed by atoms with Crippen LogP contribution in [0.2, 0.25) is 0 Å². The summed E-state index contributed by atoms with van der Waals surface area (Å²) in [5.74, 6) is 5.82. The van der Waals surface area contributed by atoms with E-state index in [0.29, 0.717) is 11.3 Å². The molecule has 2 aromatic rings. The van der Waals surface area contributed by atoms with Crippen molar-refractivity contribution in [2.45, 2.75) is 6.04 Å². The number of aromatic nitrogens is 1. The third kappa shape index (κ3) is 2.47. The fourth-order valence-corrected chi connectivity index (χ4v) is 1.81. The van der Waals surface area contributed by atoms with Crippen molar-refractivity contribution in [3.8, 4) is 5.75 Å². The maximum Gasteiger partial charge on any atom is 0.146 e. The van der Waals surface area contributed by atoms with Gasteiger partial charge in [-0.05, 0) is 23.8 Å². The minimum Gasteiger partial charge on any atom is -0.497 e. The quantitative estimate of drug-likeness (QED) is 0.638. The van der Waals surface area contributed by atoms with Crippen molar-refractivity contribution < 1.29 is 9.13 Å². The fraction of sp³-hybridized carbons (Fsp3) is 0.154. The number of nitrogens with two attached hydrogens (primary N) is 1. The molecule has 0 aliphatic rings. The molecule has 1 unspecified atom stereocenters. The second-order valence-electron chi connectivity index (χ2n) is 3.77. The first-order chi connectivity index (χ1) is 8.76. The average Bonchev–Trinajstić information content (AvgIpc) is 2.42. The van der Waals surface area contributed by atoms with Crippen molar-refractivity contribution in [3.63, 3.8) is 0 Å². The predicted octanol–water partition coefficient (Wildman–Crippen LogP) is 1.78. The van der Waals surface area contributed by atoms with Gasteiger partial charge in [0.05, 0.1) is 19.3 Å². The highest BCUT2D eigenvalue weighted by Crippen LogP contribution is 2.25. The van der Waals surface area contributed by atoms with Crippen molar-refractivity contribution in [2.75, 3.05) is 7.11 Å². The molecule has 1 heterocycles. The molecular formula is C13H14FN3O. The van der Waals surface area contributed by atoms with Crippen LogP contribution in [0.3, 0.4) is 0 Å². The van der Waals surface area contributed by atoms with E-state index in [1.165, 1.54) is 12.4 Å². The molecule has 0 saturated carbocycles. The third-order valence-corrected chi connectivity index (χ3v) is 2.71. The number of hydrogen-bond acceptors (Lipinski definition) is 4. The van der Waals surface area contributed by atoms with E-state index < -0.39 is 11.9 Å². The van der Waals surface area contributed by atoms with Crippen LogP contribution in [0.25, 0.3) is 0 Å². The minimum absolute atomic E-state index is 0.400. The summed E-state index contributed by atoms with van der Waals surface area (Å²) in [5.41, 5.74) is 3.87. The maximum atomic E-state index is 13.7. The van der Waals surface area contributed by atoms with Crippen LogP contribution in [0.1, 0.15) is 17.2 Å². The molecule has 0 aliphatic heterocycles. The highest BCUT2D eigenvalue weighted by Gasteiger charge is 2.16. The number of halogens is 1. The molecule has 0 saturated heterocycles. The summed E-state index contributed by atoms with van der Waals surface area (Å²) >= 11 is 0. The normalized spacial score (nSPS) is 12.2. The van der Waals surface area contributed by atoms with Gasteiger partial charge in [-0.1, -0.05) is 12.1 Å². The van der Waals surface area contributed by atoms with Gasteiger partial charge < -0.3 is 4.74 Å². The predicted molar refractivity (Wildman–Crippen MR) is 66.4 cm³/mol. The summed E-state index contributed by atoms with van der Waals surface area (Å²) in [5, 5.41) is 0. The van der Waals surface area contributed by atoms with Crippen molar-refractivity contribution in [3.05, 3.63) is 59.7 Å². The number of rotatable bonds is 4. The van der Waals surface area contributed by atoms with E-state index in [4.69, 9.17) is 10.6 Å². The van der Waals surface area contributed by atoms with Gasteiger partial charge in [0.15, 0.2) is 0 Å². The first-order valence-electron chi connectivity index (χ1n) is 5.45. The molecule has 0 spiro atoms. The topological polar surface area (TPSA) is 60.2 Å². The van der Waals surface area contributed by atoms with Gasteiger partial charge in [0.1, 0.15) is 11.6 Å². The van der Waals surface area contributed by atoms with Gasteiger partial charge >= 0.3 is 0 Å². The summed E-state index contributed by atoms with van der Waals surface area (Å²) in [6, 6.07) is 8.47. The number of hydrogen-bond donors (Lipinski definition) is 2. The van der Waals surface area contributed by atoms with E-state index in [1.54, 1.807) is 13.2 Å². The van der Waals surface area contributed by atoms with Crippen LogP contribution in [0, 0.1) is 5.82 Å². The number of ether oxygens (including phenoxy) is 1. The molecule has 1 aromatic carbocycles. The van der Waals surface area contributed by atoms with E-state index in [0.717, 1.165) is 5.56 Å². The minimum atomic E-state index is -0.442. The van der Waals surface area contributed by atoms with E-state index in [1.807, 2.05) is 24.3 Å². The van der Waals surface area contributed by atoms with Crippen LogP contribution >= 0.6 is 0 Å². The average molecular weight is 247 g/mol. The number of benzene rings is 1. The van der Waals surface area contributed by atoms with E-state index in [-0.39, 0.29) is 0 Å². The summed E-state index contributed by atoms with van der Waals surface area (Å²) in [6.07, 6.45) is 2.70. The molecule has 4 nitrogen and oxygen atoms in total. The lowest BCUT2D eigenvalue weighted by Gasteiger charge is -2.17. The van der Waals surface area contributed by atoms with Gasteiger partial charge in [-0.15, -0.1) is 0 Å². The Bertz CT molecular complexity index is 533. The Hall–Kier alpha value is -1.98. The summed E-state index contributed by atoms with van der Waals surface area (Å²) in [4.78, 5) is 3.72. The molecule has 2 rings (SSSR count). The Morgan fingerprint density at radius 1 is 1.39 bits per heavy atom. The van der Waals surface area contributed by atoms with Crippen LogP contribution < -0.4 is 16.0 Å². The molecule has 3 N–H and O–H groups in total. The fourth-order valence-electron chi connectivity index (χ4n) is 1.81. The molecule has 1 aromatic heterocycles.